The molecule has 7 heteroatoms. The van der Waals surface area contributed by atoms with Crippen LogP contribution in [0.15, 0.2) is 42.5 Å². The van der Waals surface area contributed by atoms with E-state index in [2.05, 4.69) is 0 Å². The summed E-state index contributed by atoms with van der Waals surface area (Å²) >= 11 is 0. The summed E-state index contributed by atoms with van der Waals surface area (Å²) in [5.74, 6) is 0.606. The van der Waals surface area contributed by atoms with Gasteiger partial charge in [0.05, 0.1) is 5.75 Å². The molecule has 2 aromatic carbocycles. The Hall–Kier alpha value is -2.38. The lowest BCUT2D eigenvalue weighted by molar-refractivity contribution is -0.134. The van der Waals surface area contributed by atoms with E-state index in [9.17, 15) is 13.2 Å². The van der Waals surface area contributed by atoms with Crippen molar-refractivity contribution in [1.29, 1.82) is 0 Å². The van der Waals surface area contributed by atoms with E-state index in [0.29, 0.717) is 26.2 Å². The highest BCUT2D eigenvalue weighted by molar-refractivity contribution is 7.88. The third-order valence-corrected chi connectivity index (χ3v) is 6.97. The van der Waals surface area contributed by atoms with Crippen LogP contribution in [0.3, 0.4) is 0 Å². The second-order valence-electron chi connectivity index (χ2n) is 7.54. The Morgan fingerprint density at radius 1 is 0.966 bits per heavy atom. The minimum atomic E-state index is -3.39. The number of piperazine rings is 1. The summed E-state index contributed by atoms with van der Waals surface area (Å²) in [5.41, 5.74) is 3.94. The first-order valence-corrected chi connectivity index (χ1v) is 11.4. The highest BCUT2D eigenvalue weighted by atomic mass is 32.2. The van der Waals surface area contributed by atoms with Crippen LogP contribution in [-0.4, -0.2) is 56.3 Å². The van der Waals surface area contributed by atoms with Crippen molar-refractivity contribution in [3.63, 3.8) is 0 Å². The predicted molar refractivity (Wildman–Crippen MR) is 113 cm³/mol. The number of aryl methyl sites for hydroxylation is 3. The molecule has 0 bridgehead atoms. The molecule has 1 fully saturated rings. The van der Waals surface area contributed by atoms with Gasteiger partial charge in [-0.05, 0) is 37.5 Å². The highest BCUT2D eigenvalue weighted by Crippen LogP contribution is 2.24. The fraction of sp³-hybridized carbons (Fsp3) is 0.409. The smallest absolute Gasteiger partial charge is 0.260 e. The van der Waals surface area contributed by atoms with Crippen molar-refractivity contribution in [3.05, 3.63) is 64.7 Å². The molecular formula is C22H28N2O4S. The van der Waals surface area contributed by atoms with Crippen molar-refractivity contribution < 1.29 is 17.9 Å². The van der Waals surface area contributed by atoms with Gasteiger partial charge in [-0.25, -0.2) is 8.42 Å². The number of carbonyl (C=O) groups is 1. The lowest BCUT2D eigenvalue weighted by Gasteiger charge is -2.34. The molecule has 6 nitrogen and oxygen atoms in total. The van der Waals surface area contributed by atoms with Gasteiger partial charge < -0.3 is 9.64 Å². The van der Waals surface area contributed by atoms with Crippen molar-refractivity contribution in [2.24, 2.45) is 0 Å². The van der Waals surface area contributed by atoms with Gasteiger partial charge in [-0.15, -0.1) is 0 Å². The van der Waals surface area contributed by atoms with Crippen LogP contribution in [0.25, 0.3) is 0 Å². The number of amides is 1. The van der Waals surface area contributed by atoms with E-state index in [-0.39, 0.29) is 18.3 Å². The van der Waals surface area contributed by atoms with Crippen LogP contribution in [0, 0.1) is 20.8 Å². The molecule has 0 spiro atoms. The van der Waals surface area contributed by atoms with Crippen molar-refractivity contribution in [3.8, 4) is 5.75 Å². The molecule has 3 rings (SSSR count). The molecule has 0 unspecified atom stereocenters. The number of ether oxygens (including phenoxy) is 1. The van der Waals surface area contributed by atoms with Crippen LogP contribution in [0.5, 0.6) is 5.75 Å². The number of nitrogens with zero attached hydrogens (tertiary/aromatic N) is 2. The van der Waals surface area contributed by atoms with Crippen LogP contribution < -0.4 is 4.74 Å². The summed E-state index contributed by atoms with van der Waals surface area (Å²) < 4.78 is 32.5. The molecule has 1 aliphatic rings. The van der Waals surface area contributed by atoms with Crippen LogP contribution in [-0.2, 0) is 20.6 Å². The zero-order valence-electron chi connectivity index (χ0n) is 17.2. The van der Waals surface area contributed by atoms with E-state index < -0.39 is 10.0 Å². The zero-order chi connectivity index (χ0) is 21.0. The van der Waals surface area contributed by atoms with Gasteiger partial charge in [0.15, 0.2) is 6.61 Å². The summed E-state index contributed by atoms with van der Waals surface area (Å²) in [4.78, 5) is 14.2. The number of sulfonamides is 1. The van der Waals surface area contributed by atoms with Crippen molar-refractivity contribution in [1.82, 2.24) is 9.21 Å². The van der Waals surface area contributed by atoms with Gasteiger partial charge in [0.25, 0.3) is 5.91 Å². The Labute approximate surface area is 173 Å². The van der Waals surface area contributed by atoms with Gasteiger partial charge in [0.1, 0.15) is 5.75 Å². The normalized spacial score (nSPS) is 15.3. The lowest BCUT2D eigenvalue weighted by Crippen LogP contribution is -2.51. The minimum Gasteiger partial charge on any atom is -0.483 e. The van der Waals surface area contributed by atoms with Gasteiger partial charge in [-0.1, -0.05) is 48.0 Å². The van der Waals surface area contributed by atoms with Crippen molar-refractivity contribution in [2.75, 3.05) is 32.8 Å². The Balaban J connectivity index is 1.53. The Morgan fingerprint density at radius 3 is 2.14 bits per heavy atom. The average molecular weight is 417 g/mol. The Kier molecular flexibility index (Phi) is 6.59. The lowest BCUT2D eigenvalue weighted by atomic mass is 10.1. The quantitative estimate of drug-likeness (QED) is 0.726. The standard InChI is InChI=1S/C22H28N2O4S/c1-17-13-18(2)22(19(3)14-17)28-15-21(25)23-9-11-24(12-10-23)29(26,27)16-20-7-5-4-6-8-20/h4-8,13-14H,9-12,15-16H2,1-3H3. The third kappa shape index (κ3) is 5.36. The van der Waals surface area contributed by atoms with Crippen LogP contribution in [0.1, 0.15) is 22.3 Å². The summed E-state index contributed by atoms with van der Waals surface area (Å²) in [6, 6.07) is 13.2. The Bertz CT molecular complexity index is 943. The van der Waals surface area contributed by atoms with Crippen LogP contribution in [0.2, 0.25) is 0 Å². The van der Waals surface area contributed by atoms with Crippen molar-refractivity contribution in [2.45, 2.75) is 26.5 Å². The SMILES string of the molecule is Cc1cc(C)c(OCC(=O)N2CCN(S(=O)(=O)Cc3ccccc3)CC2)c(C)c1. The van der Waals surface area contributed by atoms with Crippen LogP contribution in [0.4, 0.5) is 0 Å². The fourth-order valence-corrected chi connectivity index (χ4v) is 5.23. The first-order chi connectivity index (χ1) is 13.8. The van der Waals surface area contributed by atoms with Crippen molar-refractivity contribution >= 4 is 15.9 Å². The molecule has 2 aromatic rings. The number of hydrogen-bond donors (Lipinski definition) is 0. The second-order valence-corrected chi connectivity index (χ2v) is 9.51. The molecule has 1 heterocycles. The molecule has 1 saturated heterocycles. The van der Waals surface area contributed by atoms with Gasteiger partial charge >= 0.3 is 0 Å². The van der Waals surface area contributed by atoms with E-state index in [1.807, 2.05) is 63.2 Å². The molecule has 1 aliphatic heterocycles. The number of hydrogen-bond acceptors (Lipinski definition) is 4. The van der Waals surface area contributed by atoms with Gasteiger partial charge in [-0.2, -0.15) is 4.31 Å². The van der Waals surface area contributed by atoms with E-state index in [0.717, 1.165) is 28.0 Å². The molecular weight excluding hydrogens is 388 g/mol. The third-order valence-electron chi connectivity index (χ3n) is 5.12. The van der Waals surface area contributed by atoms with Gasteiger partial charge in [-0.3, -0.25) is 4.79 Å². The molecule has 1 amide bonds. The first-order valence-electron chi connectivity index (χ1n) is 9.76. The summed E-state index contributed by atoms with van der Waals surface area (Å²) in [6.45, 7) is 7.30. The molecule has 0 radical (unpaired) electrons. The molecule has 0 N–H and O–H groups in total. The summed E-state index contributed by atoms with van der Waals surface area (Å²) in [5, 5.41) is 0. The topological polar surface area (TPSA) is 66.9 Å². The molecule has 0 aliphatic carbocycles. The number of rotatable bonds is 6. The molecule has 0 atom stereocenters. The summed E-state index contributed by atoms with van der Waals surface area (Å²) in [6.07, 6.45) is 0. The van der Waals surface area contributed by atoms with E-state index in [1.165, 1.54) is 4.31 Å². The zero-order valence-corrected chi connectivity index (χ0v) is 18.0. The predicted octanol–water partition coefficient (Wildman–Crippen LogP) is 2.66. The summed E-state index contributed by atoms with van der Waals surface area (Å²) in [7, 11) is -3.39. The minimum absolute atomic E-state index is 0.0170. The maximum atomic E-state index is 12.6. The van der Waals surface area contributed by atoms with E-state index in [1.54, 1.807) is 4.90 Å². The average Bonchev–Trinajstić information content (AvgIpc) is 2.67. The largest absolute Gasteiger partial charge is 0.483 e. The molecule has 156 valence electrons. The maximum Gasteiger partial charge on any atom is 0.260 e. The first kappa shape index (κ1) is 21.3. The molecule has 29 heavy (non-hydrogen) atoms. The van der Waals surface area contributed by atoms with Gasteiger partial charge in [0, 0.05) is 26.2 Å². The van der Waals surface area contributed by atoms with E-state index >= 15 is 0 Å². The maximum absolute atomic E-state index is 12.6. The fourth-order valence-electron chi connectivity index (χ4n) is 3.71. The number of benzene rings is 2. The Morgan fingerprint density at radius 2 is 1.55 bits per heavy atom. The van der Waals surface area contributed by atoms with Gasteiger partial charge in [0.2, 0.25) is 10.0 Å². The van der Waals surface area contributed by atoms with Crippen LogP contribution >= 0.6 is 0 Å². The molecule has 0 aromatic heterocycles. The number of carbonyl (C=O) groups excluding carboxylic acids is 1. The van der Waals surface area contributed by atoms with E-state index in [4.69, 9.17) is 4.74 Å². The monoisotopic (exact) mass is 416 g/mol. The second kappa shape index (κ2) is 8.97. The highest BCUT2D eigenvalue weighted by Gasteiger charge is 2.29. The molecule has 0 saturated carbocycles.